The van der Waals surface area contributed by atoms with Gasteiger partial charge in [0.25, 0.3) is 5.56 Å². The molecule has 0 atom stereocenters. The third-order valence-corrected chi connectivity index (χ3v) is 3.90. The van der Waals surface area contributed by atoms with Crippen LogP contribution in [0.15, 0.2) is 52.6 Å². The van der Waals surface area contributed by atoms with Crippen molar-refractivity contribution >= 4 is 22.9 Å². The molecule has 0 aliphatic heterocycles. The molecule has 2 aromatic heterocycles. The van der Waals surface area contributed by atoms with Crippen molar-refractivity contribution in [3.05, 3.63) is 63.2 Å². The average molecular weight is 289 g/mol. The van der Waals surface area contributed by atoms with Crippen molar-refractivity contribution in [3.63, 3.8) is 0 Å². The van der Waals surface area contributed by atoms with Gasteiger partial charge in [-0.05, 0) is 6.07 Å². The molecule has 0 bridgehead atoms. The minimum Gasteiger partial charge on any atom is -0.306 e. The van der Waals surface area contributed by atoms with Gasteiger partial charge in [0.1, 0.15) is 0 Å². The van der Waals surface area contributed by atoms with Crippen molar-refractivity contribution in [2.45, 2.75) is 0 Å². The van der Waals surface area contributed by atoms with E-state index in [1.165, 1.54) is 17.4 Å². The van der Waals surface area contributed by atoms with Crippen molar-refractivity contribution in [2.24, 2.45) is 0 Å². The van der Waals surface area contributed by atoms with Crippen molar-refractivity contribution in [3.8, 4) is 22.0 Å². The third kappa shape index (κ3) is 2.59. The predicted octanol–water partition coefficient (Wildman–Crippen LogP) is 3.82. The summed E-state index contributed by atoms with van der Waals surface area (Å²) < 4.78 is 0. The molecule has 0 amide bonds. The van der Waals surface area contributed by atoms with E-state index >= 15 is 0 Å². The summed E-state index contributed by atoms with van der Waals surface area (Å²) in [7, 11) is 0. The number of rotatable bonds is 2. The van der Waals surface area contributed by atoms with Crippen LogP contribution in [0.5, 0.6) is 0 Å². The molecule has 5 heteroatoms. The number of thiophene rings is 1. The number of H-pyrrole nitrogens is 1. The maximum atomic E-state index is 11.7. The highest BCUT2D eigenvalue weighted by atomic mass is 35.5. The molecule has 3 nitrogen and oxygen atoms in total. The lowest BCUT2D eigenvalue weighted by molar-refractivity contribution is 1.14. The molecule has 3 aromatic rings. The molecule has 0 radical (unpaired) electrons. The van der Waals surface area contributed by atoms with E-state index in [4.69, 9.17) is 11.6 Å². The van der Waals surface area contributed by atoms with E-state index in [1.807, 2.05) is 35.7 Å². The first-order valence-electron chi connectivity index (χ1n) is 5.63. The van der Waals surface area contributed by atoms with Gasteiger partial charge in [-0.1, -0.05) is 41.9 Å². The Kier molecular flexibility index (Phi) is 3.19. The lowest BCUT2D eigenvalue weighted by atomic mass is 10.1. The minimum atomic E-state index is -0.173. The number of benzene rings is 1. The lowest BCUT2D eigenvalue weighted by Gasteiger charge is -2.02. The zero-order valence-corrected chi connectivity index (χ0v) is 11.3. The van der Waals surface area contributed by atoms with Crippen LogP contribution in [0, 0.1) is 0 Å². The van der Waals surface area contributed by atoms with Gasteiger partial charge >= 0.3 is 0 Å². The molecule has 1 aromatic carbocycles. The van der Waals surface area contributed by atoms with Crippen LogP contribution in [-0.4, -0.2) is 9.97 Å². The Bertz CT molecular complexity index is 764. The maximum absolute atomic E-state index is 11.7. The van der Waals surface area contributed by atoms with Crippen LogP contribution in [0.1, 0.15) is 0 Å². The van der Waals surface area contributed by atoms with Gasteiger partial charge in [-0.25, -0.2) is 4.98 Å². The first-order valence-corrected chi connectivity index (χ1v) is 6.89. The van der Waals surface area contributed by atoms with Gasteiger partial charge in [0.05, 0.1) is 15.6 Å². The largest absolute Gasteiger partial charge is 0.306 e. The van der Waals surface area contributed by atoms with Crippen LogP contribution >= 0.6 is 22.9 Å². The number of nitrogens with one attached hydrogen (secondary N) is 1. The second-order valence-electron chi connectivity index (χ2n) is 3.97. The van der Waals surface area contributed by atoms with Gasteiger partial charge in [0, 0.05) is 17.0 Å². The molecule has 0 saturated heterocycles. The molecular formula is C14H9ClN2OS. The van der Waals surface area contributed by atoms with Crippen LogP contribution in [-0.2, 0) is 0 Å². The molecule has 0 aliphatic rings. The second kappa shape index (κ2) is 4.99. The summed E-state index contributed by atoms with van der Waals surface area (Å²) in [6.45, 7) is 0. The van der Waals surface area contributed by atoms with Gasteiger partial charge in [-0.2, -0.15) is 0 Å². The van der Waals surface area contributed by atoms with Crippen LogP contribution < -0.4 is 5.56 Å². The monoisotopic (exact) mass is 288 g/mol. The van der Waals surface area contributed by atoms with Gasteiger partial charge < -0.3 is 4.98 Å². The Hall–Kier alpha value is -1.91. The SMILES string of the molecule is O=c1cc(-c2ccccc2)nc(-c2cc(Cl)cs2)[nH]1. The van der Waals surface area contributed by atoms with Crippen molar-refractivity contribution in [2.75, 3.05) is 0 Å². The average Bonchev–Trinajstić information content (AvgIpc) is 2.86. The van der Waals surface area contributed by atoms with Gasteiger partial charge in [-0.3, -0.25) is 4.79 Å². The van der Waals surface area contributed by atoms with Gasteiger partial charge in [0.2, 0.25) is 0 Å². The summed E-state index contributed by atoms with van der Waals surface area (Å²) in [6.07, 6.45) is 0. The summed E-state index contributed by atoms with van der Waals surface area (Å²) in [4.78, 5) is 19.8. The Morgan fingerprint density at radius 1 is 1.16 bits per heavy atom. The quantitative estimate of drug-likeness (QED) is 0.779. The first-order chi connectivity index (χ1) is 9.22. The number of hydrogen-bond donors (Lipinski definition) is 1. The Balaban J connectivity index is 2.14. The van der Waals surface area contributed by atoms with Crippen molar-refractivity contribution < 1.29 is 0 Å². The van der Waals surface area contributed by atoms with Crippen LogP contribution in [0.3, 0.4) is 0 Å². The fraction of sp³-hybridized carbons (Fsp3) is 0. The van der Waals surface area contributed by atoms with Crippen molar-refractivity contribution in [1.82, 2.24) is 9.97 Å². The second-order valence-corrected chi connectivity index (χ2v) is 5.32. The lowest BCUT2D eigenvalue weighted by Crippen LogP contribution is -2.08. The summed E-state index contributed by atoms with van der Waals surface area (Å²) >= 11 is 7.35. The van der Waals surface area contributed by atoms with Crippen LogP contribution in [0.2, 0.25) is 5.02 Å². The Morgan fingerprint density at radius 3 is 2.63 bits per heavy atom. The zero-order chi connectivity index (χ0) is 13.2. The molecule has 1 N–H and O–H groups in total. The number of aromatic nitrogens is 2. The Morgan fingerprint density at radius 2 is 1.95 bits per heavy atom. The normalized spacial score (nSPS) is 10.6. The van der Waals surface area contributed by atoms with Crippen LogP contribution in [0.25, 0.3) is 22.0 Å². The number of halogens is 1. The first kappa shape index (κ1) is 12.1. The van der Waals surface area contributed by atoms with Crippen molar-refractivity contribution in [1.29, 1.82) is 0 Å². The van der Waals surface area contributed by atoms with E-state index in [1.54, 1.807) is 6.07 Å². The molecule has 0 unspecified atom stereocenters. The van der Waals surface area contributed by atoms with E-state index in [2.05, 4.69) is 9.97 Å². The zero-order valence-electron chi connectivity index (χ0n) is 9.76. The highest BCUT2D eigenvalue weighted by Gasteiger charge is 2.07. The smallest absolute Gasteiger partial charge is 0.251 e. The van der Waals surface area contributed by atoms with E-state index in [9.17, 15) is 4.79 Å². The topological polar surface area (TPSA) is 45.8 Å². The predicted molar refractivity (Wildman–Crippen MR) is 78.6 cm³/mol. The molecule has 3 rings (SSSR count). The molecule has 0 aliphatic carbocycles. The highest BCUT2D eigenvalue weighted by Crippen LogP contribution is 2.27. The molecule has 2 heterocycles. The third-order valence-electron chi connectivity index (χ3n) is 2.61. The molecule has 94 valence electrons. The van der Waals surface area contributed by atoms with E-state index in [0.717, 1.165) is 10.4 Å². The fourth-order valence-electron chi connectivity index (χ4n) is 1.77. The van der Waals surface area contributed by atoms with Crippen LogP contribution in [0.4, 0.5) is 0 Å². The Labute approximate surface area is 118 Å². The number of nitrogens with zero attached hydrogens (tertiary/aromatic N) is 1. The standard InChI is InChI=1S/C14H9ClN2OS/c15-10-6-12(19-8-10)14-16-11(7-13(18)17-14)9-4-2-1-3-5-9/h1-8H,(H,16,17,18). The summed E-state index contributed by atoms with van der Waals surface area (Å²) in [5.74, 6) is 0.545. The molecule has 19 heavy (non-hydrogen) atoms. The van der Waals surface area contributed by atoms with Gasteiger partial charge in [-0.15, -0.1) is 11.3 Å². The van der Waals surface area contributed by atoms with E-state index in [-0.39, 0.29) is 5.56 Å². The summed E-state index contributed by atoms with van der Waals surface area (Å²) in [5.41, 5.74) is 1.40. The van der Waals surface area contributed by atoms with Gasteiger partial charge in [0.15, 0.2) is 5.82 Å². The minimum absolute atomic E-state index is 0.173. The fourth-order valence-corrected chi connectivity index (χ4v) is 2.79. The molecular weight excluding hydrogens is 280 g/mol. The molecule has 0 saturated carbocycles. The summed E-state index contributed by atoms with van der Waals surface area (Å²) in [6, 6.07) is 12.9. The molecule has 0 spiro atoms. The maximum Gasteiger partial charge on any atom is 0.251 e. The number of hydrogen-bond acceptors (Lipinski definition) is 3. The molecule has 0 fully saturated rings. The summed E-state index contributed by atoms with van der Waals surface area (Å²) in [5, 5.41) is 2.46. The van der Waals surface area contributed by atoms with E-state index in [0.29, 0.717) is 16.5 Å². The number of aromatic amines is 1. The highest BCUT2D eigenvalue weighted by molar-refractivity contribution is 7.14. The van der Waals surface area contributed by atoms with E-state index < -0.39 is 0 Å².